The second-order valence-electron chi connectivity index (χ2n) is 8.57. The molecule has 0 amide bonds. The lowest BCUT2D eigenvalue weighted by molar-refractivity contribution is -0.0889. The third-order valence-corrected chi connectivity index (χ3v) is 7.96. The van der Waals surface area contributed by atoms with E-state index in [4.69, 9.17) is 0 Å². The largest absolute Gasteiger partial charge is 0.311 e. The first kappa shape index (κ1) is 12.7. The maximum absolute atomic E-state index is 3.85. The van der Waals surface area contributed by atoms with Gasteiger partial charge in [-0.05, 0) is 87.5 Å². The molecule has 0 aromatic heterocycles. The van der Waals surface area contributed by atoms with E-state index in [9.17, 15) is 0 Å². The molecule has 0 spiro atoms. The van der Waals surface area contributed by atoms with Gasteiger partial charge in [0.15, 0.2) is 0 Å². The Bertz CT molecular complexity index is 365. The summed E-state index contributed by atoms with van der Waals surface area (Å²) >= 11 is 0. The van der Waals surface area contributed by atoms with Crippen LogP contribution >= 0.6 is 0 Å². The summed E-state index contributed by atoms with van der Waals surface area (Å²) in [6.45, 7) is 6.49. The van der Waals surface area contributed by atoms with Crippen molar-refractivity contribution in [2.24, 2.45) is 29.1 Å². The third-order valence-electron chi connectivity index (χ3n) is 7.96. The highest BCUT2D eigenvalue weighted by Gasteiger charge is 2.57. The van der Waals surface area contributed by atoms with E-state index < -0.39 is 0 Å². The molecule has 1 N–H and O–H groups in total. The van der Waals surface area contributed by atoms with Gasteiger partial charge in [-0.3, -0.25) is 0 Å². The van der Waals surface area contributed by atoms with E-state index in [1.165, 1.54) is 45.1 Å². The number of hydrogen-bond donors (Lipinski definition) is 1. The molecule has 1 heteroatoms. The molecular weight excluding hydrogens is 230 g/mol. The fraction of sp³-hybridized carbons (Fsp3) is 1.00. The van der Waals surface area contributed by atoms with Crippen LogP contribution in [0.2, 0.25) is 0 Å². The van der Waals surface area contributed by atoms with E-state index in [1.54, 1.807) is 19.3 Å². The molecule has 0 aromatic carbocycles. The molecule has 1 heterocycles. The highest BCUT2D eigenvalue weighted by molar-refractivity contribution is 5.09. The average molecular weight is 261 g/mol. The number of fused-ring (bicyclic) bond motifs is 5. The summed E-state index contributed by atoms with van der Waals surface area (Å²) in [6.07, 6.45) is 13.6. The molecular formula is C18H31N. The molecule has 4 fully saturated rings. The minimum Gasteiger partial charge on any atom is -0.311 e. The van der Waals surface area contributed by atoms with Crippen LogP contribution in [-0.2, 0) is 0 Å². The van der Waals surface area contributed by atoms with Gasteiger partial charge in [-0.2, -0.15) is 0 Å². The van der Waals surface area contributed by atoms with Crippen LogP contribution in [0.25, 0.3) is 0 Å². The molecule has 4 aliphatic rings. The summed E-state index contributed by atoms with van der Waals surface area (Å²) in [7, 11) is 0. The normalized spacial score (nSPS) is 57.2. The zero-order valence-corrected chi connectivity index (χ0v) is 12.9. The van der Waals surface area contributed by atoms with Crippen molar-refractivity contribution in [2.45, 2.75) is 77.2 Å². The molecule has 1 saturated heterocycles. The Kier molecular flexibility index (Phi) is 2.82. The molecule has 3 aliphatic carbocycles. The van der Waals surface area contributed by atoms with Gasteiger partial charge in [0.2, 0.25) is 0 Å². The number of rotatable bonds is 0. The predicted octanol–water partition coefficient (Wildman–Crippen LogP) is 4.37. The zero-order chi connectivity index (χ0) is 13.1. The summed E-state index contributed by atoms with van der Waals surface area (Å²) in [5, 5.41) is 3.85. The summed E-state index contributed by atoms with van der Waals surface area (Å²) in [6, 6.07) is 0. The van der Waals surface area contributed by atoms with Crippen LogP contribution in [0.5, 0.6) is 0 Å². The lowest BCUT2D eigenvalue weighted by Gasteiger charge is -2.59. The summed E-state index contributed by atoms with van der Waals surface area (Å²) in [5.41, 5.74) is 1.21. The van der Waals surface area contributed by atoms with Crippen LogP contribution in [0.15, 0.2) is 0 Å². The number of hydrogen-bond acceptors (Lipinski definition) is 1. The Morgan fingerprint density at radius 3 is 2.63 bits per heavy atom. The third kappa shape index (κ3) is 1.69. The molecule has 0 aromatic rings. The van der Waals surface area contributed by atoms with Crippen LogP contribution in [-0.4, -0.2) is 12.1 Å². The maximum atomic E-state index is 3.85. The fourth-order valence-corrected chi connectivity index (χ4v) is 6.88. The van der Waals surface area contributed by atoms with E-state index in [0.29, 0.717) is 11.0 Å². The smallest absolute Gasteiger partial charge is 0.0184 e. The molecule has 108 valence electrons. The van der Waals surface area contributed by atoms with E-state index >= 15 is 0 Å². The van der Waals surface area contributed by atoms with Crippen molar-refractivity contribution in [1.29, 1.82) is 0 Å². The molecule has 0 bridgehead atoms. The molecule has 4 rings (SSSR count). The predicted molar refractivity (Wildman–Crippen MR) is 80.0 cm³/mol. The summed E-state index contributed by atoms with van der Waals surface area (Å²) in [4.78, 5) is 0. The van der Waals surface area contributed by atoms with Crippen molar-refractivity contribution in [2.75, 3.05) is 6.54 Å². The standard InChI is InChI=1S/C18H31N/c1-17-10-4-3-5-13(17)6-7-14-15(17)8-11-18(2)16(14)9-12-19-18/h13-16,19H,3-12H2,1-2H3/t13-,14-,15+,16+,17+,18+/m1/s1. The molecule has 1 nitrogen and oxygen atoms in total. The summed E-state index contributed by atoms with van der Waals surface area (Å²) < 4.78 is 0. The van der Waals surface area contributed by atoms with E-state index in [2.05, 4.69) is 19.2 Å². The van der Waals surface area contributed by atoms with Gasteiger partial charge in [-0.15, -0.1) is 0 Å². The molecule has 0 radical (unpaired) electrons. The second kappa shape index (κ2) is 4.23. The molecule has 6 atom stereocenters. The lowest BCUT2D eigenvalue weighted by atomic mass is 9.46. The molecule has 1 aliphatic heterocycles. The van der Waals surface area contributed by atoms with Crippen molar-refractivity contribution < 1.29 is 0 Å². The van der Waals surface area contributed by atoms with Crippen molar-refractivity contribution in [1.82, 2.24) is 5.32 Å². The minimum atomic E-state index is 0.499. The maximum Gasteiger partial charge on any atom is 0.0184 e. The Labute approximate surface area is 118 Å². The fourth-order valence-electron chi connectivity index (χ4n) is 6.88. The Balaban J connectivity index is 1.64. The first-order valence-electron chi connectivity index (χ1n) is 8.88. The van der Waals surface area contributed by atoms with Gasteiger partial charge in [-0.25, -0.2) is 0 Å². The van der Waals surface area contributed by atoms with Crippen LogP contribution in [0.4, 0.5) is 0 Å². The highest BCUT2D eigenvalue weighted by Crippen LogP contribution is 2.62. The van der Waals surface area contributed by atoms with Crippen molar-refractivity contribution in [3.05, 3.63) is 0 Å². The van der Waals surface area contributed by atoms with Crippen LogP contribution < -0.4 is 5.32 Å². The first-order chi connectivity index (χ1) is 9.13. The minimum absolute atomic E-state index is 0.499. The van der Waals surface area contributed by atoms with E-state index in [0.717, 1.165) is 23.7 Å². The number of nitrogens with one attached hydrogen (secondary N) is 1. The van der Waals surface area contributed by atoms with Crippen LogP contribution in [0.1, 0.15) is 71.6 Å². The van der Waals surface area contributed by atoms with Gasteiger partial charge in [0.05, 0.1) is 0 Å². The van der Waals surface area contributed by atoms with Gasteiger partial charge in [-0.1, -0.05) is 19.8 Å². The first-order valence-corrected chi connectivity index (χ1v) is 8.88. The Morgan fingerprint density at radius 2 is 1.74 bits per heavy atom. The molecule has 19 heavy (non-hydrogen) atoms. The Hall–Kier alpha value is -0.0400. The van der Waals surface area contributed by atoms with Gasteiger partial charge >= 0.3 is 0 Å². The second-order valence-corrected chi connectivity index (χ2v) is 8.57. The van der Waals surface area contributed by atoms with Gasteiger partial charge in [0, 0.05) is 5.54 Å². The van der Waals surface area contributed by atoms with Crippen molar-refractivity contribution in [3.63, 3.8) is 0 Å². The van der Waals surface area contributed by atoms with Gasteiger partial charge in [0.25, 0.3) is 0 Å². The van der Waals surface area contributed by atoms with E-state index in [1.807, 2.05) is 0 Å². The quantitative estimate of drug-likeness (QED) is 0.682. The van der Waals surface area contributed by atoms with Gasteiger partial charge in [0.1, 0.15) is 0 Å². The monoisotopic (exact) mass is 261 g/mol. The summed E-state index contributed by atoms with van der Waals surface area (Å²) in [5.74, 6) is 4.17. The highest BCUT2D eigenvalue weighted by atomic mass is 15.0. The van der Waals surface area contributed by atoms with Crippen molar-refractivity contribution in [3.8, 4) is 0 Å². The average Bonchev–Trinajstić information content (AvgIpc) is 2.79. The molecule has 3 saturated carbocycles. The van der Waals surface area contributed by atoms with Crippen LogP contribution in [0, 0.1) is 29.1 Å². The van der Waals surface area contributed by atoms with Gasteiger partial charge < -0.3 is 5.32 Å². The topological polar surface area (TPSA) is 12.0 Å². The molecule has 0 unspecified atom stereocenters. The van der Waals surface area contributed by atoms with Crippen molar-refractivity contribution >= 4 is 0 Å². The van der Waals surface area contributed by atoms with Crippen LogP contribution in [0.3, 0.4) is 0 Å². The Morgan fingerprint density at radius 1 is 0.842 bits per heavy atom. The SMILES string of the molecule is C[C@]12CCCC[C@@H]1CC[C@@H]1[C@@H]2CC[C@]2(C)NCC[C@@H]12. The lowest BCUT2D eigenvalue weighted by Crippen LogP contribution is -2.56. The van der Waals surface area contributed by atoms with E-state index in [-0.39, 0.29) is 0 Å². The zero-order valence-electron chi connectivity index (χ0n) is 12.9.